The Hall–Kier alpha value is -5.96. The Balaban J connectivity index is -0.000000369. The average Bonchev–Trinajstić information content (AvgIpc) is 4.04. The number of benzene rings is 3. The van der Waals surface area contributed by atoms with Gasteiger partial charge < -0.3 is 0 Å². The van der Waals surface area contributed by atoms with E-state index in [1.807, 2.05) is 64.8 Å². The van der Waals surface area contributed by atoms with E-state index in [0.717, 1.165) is 28.8 Å². The summed E-state index contributed by atoms with van der Waals surface area (Å²) in [5.41, 5.74) is 6.02. The first-order valence-corrected chi connectivity index (χ1v) is 24.3. The predicted molar refractivity (Wildman–Crippen MR) is 287 cm³/mol. The van der Waals surface area contributed by atoms with Crippen molar-refractivity contribution in [3.05, 3.63) is 113 Å². The summed E-state index contributed by atoms with van der Waals surface area (Å²) in [7, 11) is -3.56. The average molecular weight is 980 g/mol. The van der Waals surface area contributed by atoms with Gasteiger partial charge in [0.15, 0.2) is 0 Å². The number of para-hydroxylation sites is 1. The molecule has 2 aromatic heterocycles. The molecule has 0 spiro atoms. The summed E-state index contributed by atoms with van der Waals surface area (Å²) in [4.78, 5) is 59.9. The molecule has 1 fully saturated rings. The lowest BCUT2D eigenvalue weighted by Gasteiger charge is -2.10. The van der Waals surface area contributed by atoms with Crippen LogP contribution >= 0.6 is 0 Å². The fourth-order valence-corrected chi connectivity index (χ4v) is 8.52. The van der Waals surface area contributed by atoms with Gasteiger partial charge >= 0.3 is 0 Å². The lowest BCUT2D eigenvalue weighted by molar-refractivity contribution is -0.139. The molecule has 3 aliphatic rings. The van der Waals surface area contributed by atoms with Crippen molar-refractivity contribution in [2.75, 3.05) is 19.6 Å². The van der Waals surface area contributed by atoms with Gasteiger partial charge in [0.25, 0.3) is 27.7 Å². The standard InChI is InChI=1S/C10H12N2.C10H9NO2.C9H9NO3S.C8H13NO2.C7H12N2.3C2H6.4CH4/c1-3-12-10-7-5-4-6-9(10)8(2)11-12;1-2-11-9(12)7-5-3-4-6-8(7)10(11)13;1-2-10-9(11)7-5-3-4-6-8(7)14(10,12)13;1-4-9-7(10)5(2)6(3)8(9)11;1-4-9-7(3)5-6(2)8-9;3*1-2;;;;/h4-7H,3H2,1-2H3;3-6H,2H2,1H3;3-6H,2H2,1H3;5-6H,4H2,1-3H3;5H,4H2,1-3H3;3*1-2H3;4*1H4. The van der Waals surface area contributed by atoms with E-state index in [0.29, 0.717) is 24.2 Å². The van der Waals surface area contributed by atoms with Crippen LogP contribution in [-0.4, -0.2) is 91.3 Å². The number of aryl methyl sites for hydroxylation is 5. The minimum absolute atomic E-state index is 0. The SMILES string of the molecule is C.C.C.C.CC.CC.CC.CCN1C(=O)C(C)C(C)C1=O.CCN1C(=O)c2ccccc2C1=O.CCN1C(=O)c2ccccc2S1(=O)=O.CCn1nc(C)c2ccccc21.CCn1nc(C)cc1C. The van der Waals surface area contributed by atoms with Gasteiger partial charge in [0.05, 0.1) is 33.6 Å². The molecule has 5 heterocycles. The van der Waals surface area contributed by atoms with Crippen LogP contribution in [0.2, 0.25) is 0 Å². The van der Waals surface area contributed by atoms with E-state index >= 15 is 0 Å². The third-order valence-electron chi connectivity index (χ3n) is 10.3. The van der Waals surface area contributed by atoms with Gasteiger partial charge in [0.1, 0.15) is 4.90 Å². The first-order valence-electron chi connectivity index (χ1n) is 22.9. The number of hydrogen-bond acceptors (Lipinski definition) is 9. The molecule has 5 amide bonds. The summed E-state index contributed by atoms with van der Waals surface area (Å²) in [5.74, 6) is -1.07. The van der Waals surface area contributed by atoms with Crippen LogP contribution in [0.25, 0.3) is 10.9 Å². The second kappa shape index (κ2) is 33.5. The van der Waals surface area contributed by atoms with Gasteiger partial charge in [0.2, 0.25) is 11.8 Å². The third-order valence-corrected chi connectivity index (χ3v) is 12.2. The summed E-state index contributed by atoms with van der Waals surface area (Å²) in [6.07, 6.45) is 0. The summed E-state index contributed by atoms with van der Waals surface area (Å²) < 4.78 is 28.4. The van der Waals surface area contributed by atoms with Crippen LogP contribution in [0.15, 0.2) is 83.8 Å². The van der Waals surface area contributed by atoms with Crippen molar-refractivity contribution in [3.63, 3.8) is 0 Å². The molecule has 388 valence electrons. The molecule has 1 saturated heterocycles. The van der Waals surface area contributed by atoms with Crippen LogP contribution in [-0.2, 0) is 32.7 Å². The van der Waals surface area contributed by atoms with Gasteiger partial charge in [0, 0.05) is 55.6 Å². The second-order valence-electron chi connectivity index (χ2n) is 14.0. The highest BCUT2D eigenvalue weighted by Crippen LogP contribution is 2.29. The van der Waals surface area contributed by atoms with Gasteiger partial charge in [-0.2, -0.15) is 10.2 Å². The Morgan fingerprint density at radius 2 is 0.928 bits per heavy atom. The van der Waals surface area contributed by atoms with Crippen molar-refractivity contribution in [2.45, 2.75) is 158 Å². The number of hydrogen-bond donors (Lipinski definition) is 0. The van der Waals surface area contributed by atoms with Crippen molar-refractivity contribution >= 4 is 50.5 Å². The zero-order chi connectivity index (χ0) is 49.8. The highest BCUT2D eigenvalue weighted by molar-refractivity contribution is 7.90. The van der Waals surface area contributed by atoms with Gasteiger partial charge in [-0.1, -0.05) is 128 Å². The number of carbonyl (C=O) groups is 5. The van der Waals surface area contributed by atoms with E-state index in [9.17, 15) is 32.4 Å². The van der Waals surface area contributed by atoms with Crippen molar-refractivity contribution in [2.24, 2.45) is 11.8 Å². The molecule has 15 heteroatoms. The molecular weight excluding hydrogens is 891 g/mol. The number of likely N-dealkylation sites (tertiary alicyclic amines) is 1. The fraction of sp³-hybridized carbons (Fsp3) is 0.500. The number of nitrogens with zero attached hydrogens (tertiary/aromatic N) is 7. The molecule has 0 N–H and O–H groups in total. The molecule has 3 aromatic carbocycles. The van der Waals surface area contributed by atoms with Gasteiger partial charge in [-0.15, -0.1) is 0 Å². The zero-order valence-electron chi connectivity index (χ0n) is 41.6. The van der Waals surface area contributed by atoms with Crippen LogP contribution in [0, 0.1) is 32.6 Å². The number of amides is 5. The monoisotopic (exact) mass is 980 g/mol. The summed E-state index contributed by atoms with van der Waals surface area (Å²) in [5, 5.41) is 9.93. The van der Waals surface area contributed by atoms with Crippen LogP contribution < -0.4 is 0 Å². The van der Waals surface area contributed by atoms with Crippen molar-refractivity contribution < 1.29 is 32.4 Å². The number of fused-ring (bicyclic) bond motifs is 3. The first kappa shape index (κ1) is 69.6. The maximum Gasteiger partial charge on any atom is 0.268 e. The smallest absolute Gasteiger partial charge is 0.268 e. The van der Waals surface area contributed by atoms with Gasteiger partial charge in [-0.25, -0.2) is 12.7 Å². The molecule has 0 saturated carbocycles. The number of rotatable bonds is 5. The summed E-state index contributed by atoms with van der Waals surface area (Å²) in [6, 6.07) is 23.6. The number of imide groups is 2. The summed E-state index contributed by atoms with van der Waals surface area (Å²) >= 11 is 0. The van der Waals surface area contributed by atoms with E-state index in [4.69, 9.17) is 0 Å². The Morgan fingerprint density at radius 1 is 0.507 bits per heavy atom. The van der Waals surface area contributed by atoms with Crippen LogP contribution in [0.3, 0.4) is 0 Å². The van der Waals surface area contributed by atoms with E-state index in [2.05, 4.69) is 68.2 Å². The highest BCUT2D eigenvalue weighted by Gasteiger charge is 2.41. The molecule has 0 aliphatic carbocycles. The van der Waals surface area contributed by atoms with Crippen molar-refractivity contribution in [1.29, 1.82) is 0 Å². The van der Waals surface area contributed by atoms with E-state index < -0.39 is 15.9 Å². The minimum Gasteiger partial charge on any atom is -0.282 e. The molecule has 3 aliphatic heterocycles. The largest absolute Gasteiger partial charge is 0.282 e. The maximum atomic E-state index is 11.7. The van der Waals surface area contributed by atoms with Gasteiger partial charge in [-0.05, 0) is 91.8 Å². The maximum absolute atomic E-state index is 11.7. The van der Waals surface area contributed by atoms with Crippen molar-refractivity contribution in [1.82, 2.24) is 33.7 Å². The lowest BCUT2D eigenvalue weighted by Crippen LogP contribution is -2.30. The van der Waals surface area contributed by atoms with Crippen molar-refractivity contribution in [3.8, 4) is 0 Å². The molecule has 2 unspecified atom stereocenters. The Bertz CT molecular complexity index is 2400. The minimum atomic E-state index is -3.56. The molecule has 2 atom stereocenters. The predicted octanol–water partition coefficient (Wildman–Crippen LogP) is 12.3. The lowest BCUT2D eigenvalue weighted by atomic mass is 10.00. The molecule has 69 heavy (non-hydrogen) atoms. The van der Waals surface area contributed by atoms with Gasteiger partial charge in [-0.3, -0.25) is 43.1 Å². The number of carbonyl (C=O) groups excluding carboxylic acids is 5. The Kier molecular flexibility index (Phi) is 33.8. The Labute approximate surface area is 417 Å². The topological polar surface area (TPSA) is 165 Å². The normalized spacial score (nSPS) is 15.1. The molecule has 0 bridgehead atoms. The van der Waals surface area contributed by atoms with Crippen LogP contribution in [0.1, 0.15) is 168 Å². The number of aromatic nitrogens is 4. The summed E-state index contributed by atoms with van der Waals surface area (Å²) in [6.45, 7) is 34.2. The van der Waals surface area contributed by atoms with E-state index in [-0.39, 0.29) is 82.2 Å². The van der Waals surface area contributed by atoms with E-state index in [1.165, 1.54) is 38.5 Å². The molecular formula is C54H89N7O7S. The zero-order valence-corrected chi connectivity index (χ0v) is 42.4. The quantitative estimate of drug-likeness (QED) is 0.156. The molecule has 0 radical (unpaired) electrons. The molecule has 8 rings (SSSR count). The number of sulfonamides is 1. The molecule has 14 nitrogen and oxygen atoms in total. The highest BCUT2D eigenvalue weighted by atomic mass is 32.2. The second-order valence-corrected chi connectivity index (χ2v) is 15.9. The van der Waals surface area contributed by atoms with E-state index in [1.54, 1.807) is 64.1 Å². The third kappa shape index (κ3) is 16.3. The fourth-order valence-electron chi connectivity index (χ4n) is 6.94. The van der Waals surface area contributed by atoms with Crippen LogP contribution in [0.4, 0.5) is 0 Å². The Morgan fingerprint density at radius 3 is 1.29 bits per heavy atom. The first-order chi connectivity index (χ1) is 31.0. The van der Waals surface area contributed by atoms with Crippen LogP contribution in [0.5, 0.6) is 0 Å². The molecule has 5 aromatic rings.